The van der Waals surface area contributed by atoms with Crippen molar-refractivity contribution < 1.29 is 19.0 Å². The number of rotatable bonds is 6. The number of para-hydroxylation sites is 2. The molecule has 0 radical (unpaired) electrons. The molecule has 27 heavy (non-hydrogen) atoms. The van der Waals surface area contributed by atoms with Crippen molar-refractivity contribution in [3.8, 4) is 11.5 Å². The fourth-order valence-electron chi connectivity index (χ4n) is 3.16. The highest BCUT2D eigenvalue weighted by Crippen LogP contribution is 2.39. The minimum absolute atomic E-state index is 0.251. The van der Waals surface area contributed by atoms with Crippen molar-refractivity contribution in [1.82, 2.24) is 5.32 Å². The summed E-state index contributed by atoms with van der Waals surface area (Å²) in [5.74, 6) is -1.90. The van der Waals surface area contributed by atoms with Crippen molar-refractivity contribution in [2.24, 2.45) is 5.92 Å². The van der Waals surface area contributed by atoms with E-state index in [9.17, 15) is 4.79 Å². The molecule has 1 fully saturated rings. The number of ether oxygens (including phenoxy) is 3. The van der Waals surface area contributed by atoms with E-state index in [4.69, 9.17) is 37.4 Å². The molecule has 1 heterocycles. The first-order chi connectivity index (χ1) is 13.1. The number of nitrogens with one attached hydrogen (secondary N) is 1. The molecule has 0 aliphatic carbocycles. The van der Waals surface area contributed by atoms with E-state index in [-0.39, 0.29) is 5.92 Å². The zero-order chi connectivity index (χ0) is 19.3. The highest BCUT2D eigenvalue weighted by Gasteiger charge is 2.53. The highest BCUT2D eigenvalue weighted by molar-refractivity contribution is 6.32. The van der Waals surface area contributed by atoms with Crippen molar-refractivity contribution in [3.05, 3.63) is 58.6 Å². The van der Waals surface area contributed by atoms with Gasteiger partial charge < -0.3 is 19.5 Å². The smallest absolute Gasteiger partial charge is 0.392 e. The summed E-state index contributed by atoms with van der Waals surface area (Å²) in [5, 5.41) is 4.03. The maximum absolute atomic E-state index is 13.0. The second-order valence-electron chi connectivity index (χ2n) is 6.25. The minimum atomic E-state index is -1.70. The third-order valence-corrected chi connectivity index (χ3v) is 5.17. The first kappa shape index (κ1) is 19.8. The Morgan fingerprint density at radius 1 is 0.963 bits per heavy atom. The van der Waals surface area contributed by atoms with Gasteiger partial charge in [-0.1, -0.05) is 47.5 Å². The van der Waals surface area contributed by atoms with Crippen LogP contribution >= 0.6 is 23.2 Å². The molecule has 0 spiro atoms. The van der Waals surface area contributed by atoms with Crippen LogP contribution in [-0.4, -0.2) is 32.0 Å². The molecule has 1 N–H and O–H groups in total. The van der Waals surface area contributed by atoms with E-state index >= 15 is 0 Å². The standard InChI is InChI=1S/C20H21Cl2NO4/c1-25-19(24)20(14-10-12-23-13-11-14,26-17-8-4-2-6-15(17)21)27-18-9-5-3-7-16(18)22/h2-9,14,23H,10-13H2,1H3. The van der Waals surface area contributed by atoms with E-state index in [0.29, 0.717) is 34.4 Å². The molecule has 144 valence electrons. The molecule has 0 atom stereocenters. The van der Waals surface area contributed by atoms with Crippen molar-refractivity contribution in [2.75, 3.05) is 20.2 Å². The number of carbonyl (C=O) groups is 1. The van der Waals surface area contributed by atoms with E-state index in [1.165, 1.54) is 7.11 Å². The molecule has 0 amide bonds. The highest BCUT2D eigenvalue weighted by atomic mass is 35.5. The maximum Gasteiger partial charge on any atom is 0.392 e. The Labute approximate surface area is 168 Å². The number of benzene rings is 2. The molecule has 0 unspecified atom stereocenters. The van der Waals surface area contributed by atoms with Gasteiger partial charge in [-0.15, -0.1) is 0 Å². The number of carbonyl (C=O) groups excluding carboxylic acids is 1. The second kappa shape index (κ2) is 8.83. The zero-order valence-electron chi connectivity index (χ0n) is 14.9. The van der Waals surface area contributed by atoms with Gasteiger partial charge >= 0.3 is 11.8 Å². The summed E-state index contributed by atoms with van der Waals surface area (Å²) in [5.41, 5.74) is 0. The first-order valence-corrected chi connectivity index (χ1v) is 9.48. The van der Waals surface area contributed by atoms with Gasteiger partial charge in [-0.05, 0) is 50.2 Å². The van der Waals surface area contributed by atoms with Gasteiger partial charge in [0.15, 0.2) is 0 Å². The van der Waals surface area contributed by atoms with Gasteiger partial charge in [0, 0.05) is 0 Å². The molecule has 1 aliphatic heterocycles. The molecule has 3 rings (SSSR count). The Balaban J connectivity index is 2.07. The van der Waals surface area contributed by atoms with E-state index in [2.05, 4.69) is 5.32 Å². The van der Waals surface area contributed by atoms with Gasteiger partial charge in [-0.2, -0.15) is 0 Å². The second-order valence-corrected chi connectivity index (χ2v) is 7.06. The Morgan fingerprint density at radius 2 is 1.44 bits per heavy atom. The van der Waals surface area contributed by atoms with E-state index < -0.39 is 11.8 Å². The molecule has 1 aliphatic rings. The molecule has 7 heteroatoms. The van der Waals surface area contributed by atoms with Crippen molar-refractivity contribution in [3.63, 3.8) is 0 Å². The Bertz CT molecular complexity index is 746. The quantitative estimate of drug-likeness (QED) is 0.568. The van der Waals surface area contributed by atoms with Crippen LogP contribution in [0.3, 0.4) is 0 Å². The fraction of sp³-hybridized carbons (Fsp3) is 0.350. The third-order valence-electron chi connectivity index (χ3n) is 4.54. The van der Waals surface area contributed by atoms with Crippen molar-refractivity contribution in [1.29, 1.82) is 0 Å². The SMILES string of the molecule is COC(=O)C(Oc1ccccc1Cl)(Oc1ccccc1Cl)C1CCNCC1. The van der Waals surface area contributed by atoms with E-state index in [1.54, 1.807) is 48.5 Å². The van der Waals surface area contributed by atoms with Gasteiger partial charge in [-0.25, -0.2) is 4.79 Å². The van der Waals surface area contributed by atoms with Crippen LogP contribution in [0.15, 0.2) is 48.5 Å². The van der Waals surface area contributed by atoms with Crippen LogP contribution < -0.4 is 14.8 Å². The molecule has 0 aromatic heterocycles. The topological polar surface area (TPSA) is 56.8 Å². The van der Waals surface area contributed by atoms with E-state index in [0.717, 1.165) is 13.1 Å². The Hall–Kier alpha value is -1.95. The normalized spacial score (nSPS) is 15.2. The first-order valence-electron chi connectivity index (χ1n) is 8.73. The van der Waals surface area contributed by atoms with E-state index in [1.807, 2.05) is 0 Å². The summed E-state index contributed by atoms with van der Waals surface area (Å²) < 4.78 is 17.4. The summed E-state index contributed by atoms with van der Waals surface area (Å²) in [7, 11) is 1.31. The Kier molecular flexibility index (Phi) is 6.47. The number of halogens is 2. The van der Waals surface area contributed by atoms with Crippen LogP contribution in [0.2, 0.25) is 10.0 Å². The molecule has 1 saturated heterocycles. The number of hydrogen-bond acceptors (Lipinski definition) is 5. The van der Waals surface area contributed by atoms with Crippen molar-refractivity contribution >= 4 is 29.2 Å². The van der Waals surface area contributed by atoms with Crippen LogP contribution in [0, 0.1) is 5.92 Å². The van der Waals surface area contributed by atoms with Crippen LogP contribution in [0.1, 0.15) is 12.8 Å². The minimum Gasteiger partial charge on any atom is -0.463 e. The molecule has 2 aromatic carbocycles. The average Bonchev–Trinajstić information content (AvgIpc) is 2.70. The molecule has 5 nitrogen and oxygen atoms in total. The lowest BCUT2D eigenvalue weighted by atomic mass is 9.88. The summed E-state index contributed by atoms with van der Waals surface area (Å²) in [6, 6.07) is 13.9. The van der Waals surface area contributed by atoms with Crippen molar-refractivity contribution in [2.45, 2.75) is 18.6 Å². The predicted molar refractivity (Wildman–Crippen MR) is 105 cm³/mol. The van der Waals surface area contributed by atoms with Gasteiger partial charge in [0.1, 0.15) is 11.5 Å². The zero-order valence-corrected chi connectivity index (χ0v) is 16.4. The summed E-state index contributed by atoms with van der Waals surface area (Å²) >= 11 is 12.6. The largest absolute Gasteiger partial charge is 0.463 e. The number of esters is 1. The fourth-order valence-corrected chi connectivity index (χ4v) is 3.51. The lowest BCUT2D eigenvalue weighted by Gasteiger charge is -2.40. The predicted octanol–water partition coefficient (Wildman–Crippen LogP) is 4.32. The molecular weight excluding hydrogens is 389 g/mol. The number of piperidine rings is 1. The van der Waals surface area contributed by atoms with Crippen LogP contribution in [-0.2, 0) is 9.53 Å². The summed E-state index contributed by atoms with van der Waals surface area (Å²) in [6.07, 6.45) is 1.34. The van der Waals surface area contributed by atoms with Gasteiger partial charge in [0.05, 0.1) is 23.1 Å². The third kappa shape index (κ3) is 4.32. The van der Waals surface area contributed by atoms with Gasteiger partial charge in [0.25, 0.3) is 0 Å². The molecule has 0 saturated carbocycles. The van der Waals surface area contributed by atoms with Crippen LogP contribution in [0.4, 0.5) is 0 Å². The van der Waals surface area contributed by atoms with Crippen LogP contribution in [0.5, 0.6) is 11.5 Å². The van der Waals surface area contributed by atoms with Crippen LogP contribution in [0.25, 0.3) is 0 Å². The Morgan fingerprint density at radius 3 is 1.89 bits per heavy atom. The summed E-state index contributed by atoms with van der Waals surface area (Å²) in [6.45, 7) is 1.47. The monoisotopic (exact) mass is 409 g/mol. The maximum atomic E-state index is 13.0. The lowest BCUT2D eigenvalue weighted by molar-refractivity contribution is -0.206. The molecule has 0 bridgehead atoms. The molecular formula is C20H21Cl2NO4. The lowest BCUT2D eigenvalue weighted by Crippen LogP contribution is -2.58. The number of methoxy groups -OCH3 is 1. The van der Waals surface area contributed by atoms with Gasteiger partial charge in [0.2, 0.25) is 0 Å². The number of hydrogen-bond donors (Lipinski definition) is 1. The summed E-state index contributed by atoms with van der Waals surface area (Å²) in [4.78, 5) is 13.0. The molecule has 2 aromatic rings. The van der Waals surface area contributed by atoms with Gasteiger partial charge in [-0.3, -0.25) is 0 Å². The average molecular weight is 410 g/mol.